The zero-order valence-electron chi connectivity index (χ0n) is 31.3. The van der Waals surface area contributed by atoms with Crippen LogP contribution in [0.25, 0.3) is 32.8 Å². The number of aryl methyl sites for hydroxylation is 5. The van der Waals surface area contributed by atoms with E-state index in [2.05, 4.69) is 25.1 Å². The van der Waals surface area contributed by atoms with Gasteiger partial charge in [-0.05, 0) is 92.1 Å². The first kappa shape index (κ1) is 38.3. The smallest absolute Gasteiger partial charge is 0.354 e. The number of carbonyl (C=O) groups is 1. The molecule has 3 aromatic carbocycles. The van der Waals surface area contributed by atoms with Crippen molar-refractivity contribution in [1.29, 1.82) is 0 Å². The van der Waals surface area contributed by atoms with E-state index in [0.717, 1.165) is 79.6 Å². The van der Waals surface area contributed by atoms with Crippen LogP contribution >= 0.6 is 35.0 Å². The van der Waals surface area contributed by atoms with Crippen molar-refractivity contribution in [2.45, 2.75) is 57.7 Å². The first-order chi connectivity index (χ1) is 26.2. The maximum Gasteiger partial charge on any atom is 0.354 e. The third-order valence-corrected chi connectivity index (χ3v) is 11.6. The number of ether oxygens (including phenoxy) is 4. The van der Waals surface area contributed by atoms with E-state index in [1.807, 2.05) is 58.2 Å². The van der Waals surface area contributed by atoms with Crippen molar-refractivity contribution >= 4 is 62.6 Å². The quantitative estimate of drug-likeness (QED) is 0.117. The minimum Gasteiger partial charge on any atom is -0.493 e. The van der Waals surface area contributed by atoms with E-state index in [0.29, 0.717) is 73.2 Å². The van der Waals surface area contributed by atoms with E-state index in [1.165, 1.54) is 12.8 Å². The van der Waals surface area contributed by atoms with Crippen LogP contribution in [0, 0.1) is 13.8 Å². The second-order valence-corrected chi connectivity index (χ2v) is 15.4. The lowest BCUT2D eigenvalue weighted by Gasteiger charge is -2.14. The number of benzene rings is 3. The molecule has 54 heavy (non-hydrogen) atoms. The van der Waals surface area contributed by atoms with Gasteiger partial charge >= 0.3 is 5.97 Å². The Labute approximate surface area is 329 Å². The van der Waals surface area contributed by atoms with Gasteiger partial charge in [-0.3, -0.25) is 9.36 Å². The molecule has 7 rings (SSSR count). The molecule has 4 heterocycles. The zero-order chi connectivity index (χ0) is 37.9. The highest BCUT2D eigenvalue weighted by molar-refractivity contribution is 7.97. The van der Waals surface area contributed by atoms with Gasteiger partial charge < -0.3 is 23.5 Å². The van der Waals surface area contributed by atoms with Crippen LogP contribution in [0.15, 0.2) is 48.5 Å². The molecule has 0 atom stereocenters. The highest BCUT2D eigenvalue weighted by Crippen LogP contribution is 2.43. The summed E-state index contributed by atoms with van der Waals surface area (Å²) in [6.45, 7) is 7.11. The van der Waals surface area contributed by atoms with E-state index in [4.69, 9.17) is 52.3 Å². The third kappa shape index (κ3) is 7.75. The minimum atomic E-state index is -0.400. The molecule has 3 aromatic heterocycles. The molecule has 284 valence electrons. The molecular weight excluding hydrogens is 745 g/mol. The lowest BCUT2D eigenvalue weighted by atomic mass is 9.97. The number of methoxy groups -OCH3 is 2. The summed E-state index contributed by atoms with van der Waals surface area (Å²) in [7, 11) is 5.09. The number of thioether (sulfide) groups is 1. The number of fused-ring (bicyclic) bond motifs is 8. The Balaban J connectivity index is 1.34. The van der Waals surface area contributed by atoms with Crippen molar-refractivity contribution < 1.29 is 23.7 Å². The summed E-state index contributed by atoms with van der Waals surface area (Å²) in [5, 5.41) is 14.2. The highest BCUT2D eigenvalue weighted by Gasteiger charge is 2.28. The lowest BCUT2D eigenvalue weighted by Crippen LogP contribution is -2.13. The van der Waals surface area contributed by atoms with E-state index in [-0.39, 0.29) is 0 Å². The number of carbonyl (C=O) groups excluding carboxylic acids is 1. The average molecular weight is 791 g/mol. The summed E-state index contributed by atoms with van der Waals surface area (Å²) in [5.74, 6) is 1.76. The van der Waals surface area contributed by atoms with Crippen LogP contribution in [0.4, 0.5) is 0 Å². The molecule has 0 saturated carbocycles. The maximum atomic E-state index is 13.5. The van der Waals surface area contributed by atoms with Crippen LogP contribution in [-0.2, 0) is 58.7 Å². The molecule has 1 aliphatic heterocycles. The average Bonchev–Trinajstić information content (AvgIpc) is 3.77. The van der Waals surface area contributed by atoms with Gasteiger partial charge in [0, 0.05) is 81.1 Å². The summed E-state index contributed by atoms with van der Waals surface area (Å²) < 4.78 is 28.9. The fourth-order valence-electron chi connectivity index (χ4n) is 7.53. The van der Waals surface area contributed by atoms with Gasteiger partial charge in [0.05, 0.1) is 51.5 Å². The molecule has 6 aromatic rings. The van der Waals surface area contributed by atoms with Gasteiger partial charge in [-0.25, -0.2) is 4.79 Å². The highest BCUT2D eigenvalue weighted by atomic mass is 35.5. The number of hydrogen-bond acceptors (Lipinski definition) is 8. The second-order valence-electron chi connectivity index (χ2n) is 13.6. The number of aromatic nitrogens is 5. The Morgan fingerprint density at radius 3 is 2.63 bits per heavy atom. The number of halogens is 2. The molecular formula is C41H45Cl2N5O5S. The predicted molar refractivity (Wildman–Crippen MR) is 216 cm³/mol. The summed E-state index contributed by atoms with van der Waals surface area (Å²) in [4.78, 5) is 13.5. The number of esters is 1. The molecule has 0 fully saturated rings. The van der Waals surface area contributed by atoms with Crippen LogP contribution in [0.2, 0.25) is 10.0 Å². The van der Waals surface area contributed by atoms with Gasteiger partial charge in [0.2, 0.25) is 0 Å². The molecule has 0 saturated heterocycles. The van der Waals surface area contributed by atoms with Gasteiger partial charge in [-0.1, -0.05) is 29.3 Å². The van der Waals surface area contributed by atoms with Crippen LogP contribution < -0.4 is 4.74 Å². The van der Waals surface area contributed by atoms with E-state index in [9.17, 15) is 4.79 Å². The molecule has 0 aliphatic carbocycles. The summed E-state index contributed by atoms with van der Waals surface area (Å²) in [5.41, 5.74) is 9.26. The minimum absolute atomic E-state index is 0.400. The maximum absolute atomic E-state index is 13.5. The van der Waals surface area contributed by atoms with Crippen LogP contribution in [0.3, 0.4) is 0 Å². The molecule has 0 unspecified atom stereocenters. The Hall–Kier alpha value is -4.00. The van der Waals surface area contributed by atoms with Crippen molar-refractivity contribution in [2.24, 2.45) is 7.05 Å². The van der Waals surface area contributed by atoms with Crippen molar-refractivity contribution in [3.63, 3.8) is 0 Å². The van der Waals surface area contributed by atoms with Crippen LogP contribution in [-0.4, -0.2) is 70.7 Å². The van der Waals surface area contributed by atoms with Gasteiger partial charge in [0.1, 0.15) is 11.4 Å². The second kappa shape index (κ2) is 16.8. The SMILES string of the molecule is COCCOCCn1nc2c(c1C)-c1c(Cl)ccc3c1c(C)c(C(=O)OC)n3CCCOc1cc(cc3cc(Cl)ccc13)CCc1cc(nn1C)CSC2. The summed E-state index contributed by atoms with van der Waals surface area (Å²) >= 11 is 15.4. The monoisotopic (exact) mass is 789 g/mol. The molecule has 0 N–H and O–H groups in total. The van der Waals surface area contributed by atoms with E-state index in [1.54, 1.807) is 18.9 Å². The van der Waals surface area contributed by atoms with Crippen LogP contribution in [0.1, 0.15) is 50.8 Å². The fraction of sp³-hybridized carbons (Fsp3) is 0.390. The van der Waals surface area contributed by atoms with Crippen molar-refractivity contribution in [1.82, 2.24) is 24.1 Å². The number of rotatable bonds is 7. The van der Waals surface area contributed by atoms with Gasteiger partial charge in [0.25, 0.3) is 0 Å². The number of nitrogens with zero attached hydrogens (tertiary/aromatic N) is 5. The van der Waals surface area contributed by atoms with Crippen LogP contribution in [0.5, 0.6) is 5.75 Å². The summed E-state index contributed by atoms with van der Waals surface area (Å²) in [6, 6.07) is 16.3. The number of hydrogen-bond donors (Lipinski definition) is 0. The van der Waals surface area contributed by atoms with E-state index >= 15 is 0 Å². The Kier molecular flexibility index (Phi) is 11.9. The first-order valence-electron chi connectivity index (χ1n) is 18.2. The molecule has 13 heteroatoms. The molecule has 10 nitrogen and oxygen atoms in total. The fourth-order valence-corrected chi connectivity index (χ4v) is 8.81. The van der Waals surface area contributed by atoms with Crippen molar-refractivity contribution in [2.75, 3.05) is 40.6 Å². The van der Waals surface area contributed by atoms with Crippen molar-refractivity contribution in [3.8, 4) is 16.9 Å². The molecule has 8 bridgehead atoms. The molecule has 1 aliphatic rings. The topological polar surface area (TPSA) is 94.6 Å². The Bertz CT molecular complexity index is 2330. The predicted octanol–water partition coefficient (Wildman–Crippen LogP) is 8.77. The van der Waals surface area contributed by atoms with E-state index < -0.39 is 5.97 Å². The molecule has 0 amide bonds. The lowest BCUT2D eigenvalue weighted by molar-refractivity contribution is 0.0587. The summed E-state index contributed by atoms with van der Waals surface area (Å²) in [6.07, 6.45) is 2.29. The van der Waals surface area contributed by atoms with Gasteiger partial charge in [-0.2, -0.15) is 10.2 Å². The molecule has 0 spiro atoms. The largest absolute Gasteiger partial charge is 0.493 e. The first-order valence-corrected chi connectivity index (χ1v) is 20.1. The third-order valence-electron chi connectivity index (χ3n) is 10.1. The standard InChI is InChI=1S/C41H45Cl2N5O5S/c1-25-37-35-12-11-33(43)39(37)38-26(2)48(14-16-52-18-17-50-4)45-34(38)24-54-23-30-22-31(46(3)44-30)9-7-27-19-28-21-29(42)8-10-32(28)36(20-27)53-15-6-13-47(35)40(25)41(49)51-5/h8,10-12,19-22H,6-7,9,13-18,23-24H2,1-5H3. The normalized spacial score (nSPS) is 13.9. The van der Waals surface area contributed by atoms with Gasteiger partial charge in [0.15, 0.2) is 0 Å². The Morgan fingerprint density at radius 1 is 0.963 bits per heavy atom. The zero-order valence-corrected chi connectivity index (χ0v) is 33.7. The van der Waals surface area contributed by atoms with Gasteiger partial charge in [-0.15, -0.1) is 11.8 Å². The Morgan fingerprint density at radius 2 is 1.81 bits per heavy atom. The van der Waals surface area contributed by atoms with Crippen molar-refractivity contribution in [3.05, 3.63) is 98.2 Å². The molecule has 0 radical (unpaired) electrons.